The summed E-state index contributed by atoms with van der Waals surface area (Å²) in [6, 6.07) is -0.363. The van der Waals surface area contributed by atoms with Crippen LogP contribution in [0.3, 0.4) is 0 Å². The molecule has 0 aromatic carbocycles. The molecule has 4 nitrogen and oxygen atoms in total. The molecule has 0 rings (SSSR count). The van der Waals surface area contributed by atoms with Crippen molar-refractivity contribution in [3.8, 4) is 0 Å². The number of rotatable bonds is 2. The van der Waals surface area contributed by atoms with Crippen LogP contribution < -0.4 is 5.32 Å². The van der Waals surface area contributed by atoms with E-state index in [1.807, 2.05) is 22.6 Å². The van der Waals surface area contributed by atoms with Crippen LogP contribution in [-0.4, -0.2) is 26.5 Å². The van der Waals surface area contributed by atoms with Crippen molar-refractivity contribution in [2.75, 3.05) is 0 Å². The minimum absolute atomic E-state index is 0.363. The van der Waals surface area contributed by atoms with E-state index in [-0.39, 0.29) is 6.04 Å². The van der Waals surface area contributed by atoms with Crippen molar-refractivity contribution in [2.24, 2.45) is 0 Å². The lowest BCUT2D eigenvalue weighted by atomic mass is 10.2. The highest BCUT2D eigenvalue weighted by atomic mass is 127. The molecule has 0 heterocycles. The van der Waals surface area contributed by atoms with Gasteiger partial charge >= 0.3 is 6.09 Å². The fourth-order valence-electron chi connectivity index (χ4n) is 0.616. The maximum Gasteiger partial charge on any atom is 0.407 e. The number of aliphatic hydroxyl groups is 1. The van der Waals surface area contributed by atoms with Crippen LogP contribution in [0.2, 0.25) is 0 Å². The number of carbonyl (C=O) groups excluding carboxylic acids is 1. The van der Waals surface area contributed by atoms with E-state index in [0.717, 1.165) is 0 Å². The Labute approximate surface area is 98.5 Å². The second-order valence-electron chi connectivity index (χ2n) is 4.39. The number of amides is 1. The van der Waals surface area contributed by atoms with Crippen LogP contribution in [0, 0.1) is 0 Å². The van der Waals surface area contributed by atoms with Gasteiger partial charge in [-0.25, -0.2) is 4.79 Å². The number of carbonyl (C=O) groups is 1. The summed E-state index contributed by atoms with van der Waals surface area (Å²) in [5.74, 6) is 0. The second-order valence-corrected chi connectivity index (χ2v) is 6.58. The summed E-state index contributed by atoms with van der Waals surface area (Å²) in [4.78, 5) is 11.3. The van der Waals surface area contributed by atoms with E-state index in [4.69, 9.17) is 4.74 Å². The molecule has 14 heavy (non-hydrogen) atoms. The number of alkyl carbamates (subject to hydrolysis) is 1. The topological polar surface area (TPSA) is 58.6 Å². The Bertz CT molecular complexity index is 205. The van der Waals surface area contributed by atoms with Gasteiger partial charge in [-0.2, -0.15) is 0 Å². The number of nitrogens with one attached hydrogen (secondary N) is 1. The molecule has 0 spiro atoms. The van der Waals surface area contributed by atoms with E-state index in [1.165, 1.54) is 0 Å². The van der Waals surface area contributed by atoms with Crippen LogP contribution in [0.1, 0.15) is 34.6 Å². The lowest BCUT2D eigenvalue weighted by Gasteiger charge is -2.27. The number of halogens is 1. The maximum atomic E-state index is 11.3. The summed E-state index contributed by atoms with van der Waals surface area (Å²) in [6.45, 7) is 8.71. The van der Waals surface area contributed by atoms with Crippen molar-refractivity contribution in [1.29, 1.82) is 0 Å². The summed E-state index contributed by atoms with van der Waals surface area (Å²) < 4.78 is 4.06. The molecule has 84 valence electrons. The molecule has 0 saturated heterocycles. The average Bonchev–Trinajstić information content (AvgIpc) is 1.79. The molecular formula is C9H18INO3. The Hall–Kier alpha value is -0.0400. The molecular weight excluding hydrogens is 297 g/mol. The SMILES string of the molecule is C[C@H](NC(=O)OC(C)(C)C)[C@@](C)(O)I. The number of alkyl halides is 1. The third-order valence-electron chi connectivity index (χ3n) is 1.52. The molecule has 0 fully saturated rings. The van der Waals surface area contributed by atoms with Gasteiger partial charge in [-0.15, -0.1) is 0 Å². The third kappa shape index (κ3) is 6.42. The van der Waals surface area contributed by atoms with Crippen LogP contribution in [0.15, 0.2) is 0 Å². The minimum atomic E-state index is -0.978. The number of hydrogen-bond donors (Lipinski definition) is 2. The van der Waals surface area contributed by atoms with Gasteiger partial charge in [0.05, 0.1) is 6.04 Å². The van der Waals surface area contributed by atoms with Gasteiger partial charge in [-0.3, -0.25) is 0 Å². The van der Waals surface area contributed by atoms with Gasteiger partial charge in [0.25, 0.3) is 0 Å². The third-order valence-corrected chi connectivity index (χ3v) is 2.46. The lowest BCUT2D eigenvalue weighted by molar-refractivity contribution is 0.0435. The molecule has 0 aliphatic heterocycles. The van der Waals surface area contributed by atoms with Crippen molar-refractivity contribution in [2.45, 2.75) is 49.9 Å². The molecule has 0 radical (unpaired) electrons. The van der Waals surface area contributed by atoms with E-state index in [9.17, 15) is 9.90 Å². The van der Waals surface area contributed by atoms with Crippen LogP contribution >= 0.6 is 22.6 Å². The van der Waals surface area contributed by atoms with Crippen molar-refractivity contribution < 1.29 is 14.6 Å². The Morgan fingerprint density at radius 1 is 1.43 bits per heavy atom. The molecule has 0 aromatic heterocycles. The van der Waals surface area contributed by atoms with Crippen molar-refractivity contribution in [3.63, 3.8) is 0 Å². The smallest absolute Gasteiger partial charge is 0.407 e. The van der Waals surface area contributed by atoms with Gasteiger partial charge in [-0.05, 0) is 57.2 Å². The van der Waals surface area contributed by atoms with Crippen LogP contribution in [0.4, 0.5) is 4.79 Å². The maximum absolute atomic E-state index is 11.3. The van der Waals surface area contributed by atoms with E-state index in [0.29, 0.717) is 0 Å². The highest BCUT2D eigenvalue weighted by Gasteiger charge is 2.27. The highest BCUT2D eigenvalue weighted by molar-refractivity contribution is 14.1. The first-order valence-electron chi connectivity index (χ1n) is 4.43. The molecule has 0 unspecified atom stereocenters. The van der Waals surface area contributed by atoms with Gasteiger partial charge in [0, 0.05) is 0 Å². The fraction of sp³-hybridized carbons (Fsp3) is 0.889. The average molecular weight is 315 g/mol. The van der Waals surface area contributed by atoms with E-state index < -0.39 is 15.3 Å². The molecule has 0 aliphatic carbocycles. The summed E-state index contributed by atoms with van der Waals surface area (Å²) in [5.41, 5.74) is -0.513. The monoisotopic (exact) mass is 315 g/mol. The van der Waals surface area contributed by atoms with E-state index in [1.54, 1.807) is 34.6 Å². The lowest BCUT2D eigenvalue weighted by Crippen LogP contribution is -2.46. The molecule has 5 heteroatoms. The Kier molecular flexibility index (Phi) is 4.64. The first-order valence-corrected chi connectivity index (χ1v) is 5.51. The normalized spacial score (nSPS) is 18.2. The van der Waals surface area contributed by atoms with E-state index >= 15 is 0 Å². The van der Waals surface area contributed by atoms with Crippen molar-refractivity contribution in [3.05, 3.63) is 0 Å². The van der Waals surface area contributed by atoms with Gasteiger partial charge < -0.3 is 15.2 Å². The second kappa shape index (κ2) is 4.65. The number of hydrogen-bond acceptors (Lipinski definition) is 3. The molecule has 1 amide bonds. The van der Waals surface area contributed by atoms with Gasteiger partial charge in [0.2, 0.25) is 0 Å². The van der Waals surface area contributed by atoms with E-state index in [2.05, 4.69) is 5.32 Å². The van der Waals surface area contributed by atoms with Gasteiger partial charge in [0.15, 0.2) is 0 Å². The Morgan fingerprint density at radius 3 is 2.14 bits per heavy atom. The van der Waals surface area contributed by atoms with Gasteiger partial charge in [-0.1, -0.05) is 0 Å². The predicted octanol–water partition coefficient (Wildman–Crippen LogP) is 2.04. The Morgan fingerprint density at radius 2 is 1.86 bits per heavy atom. The number of ether oxygens (including phenoxy) is 1. The van der Waals surface area contributed by atoms with Crippen LogP contribution in [0.5, 0.6) is 0 Å². The summed E-state index contributed by atoms with van der Waals surface area (Å²) in [7, 11) is 0. The zero-order chi connectivity index (χ0) is 11.6. The largest absolute Gasteiger partial charge is 0.444 e. The minimum Gasteiger partial charge on any atom is -0.444 e. The highest BCUT2D eigenvalue weighted by Crippen LogP contribution is 2.18. The summed E-state index contributed by atoms with van der Waals surface area (Å²) in [5, 5.41) is 12.1. The fourth-order valence-corrected chi connectivity index (χ4v) is 0.772. The summed E-state index contributed by atoms with van der Waals surface area (Å²) >= 11 is 1.86. The molecule has 0 aliphatic rings. The summed E-state index contributed by atoms with van der Waals surface area (Å²) in [6.07, 6.45) is -0.512. The predicted molar refractivity (Wildman–Crippen MR) is 63.5 cm³/mol. The van der Waals surface area contributed by atoms with Gasteiger partial charge in [0.1, 0.15) is 9.21 Å². The van der Waals surface area contributed by atoms with Crippen molar-refractivity contribution in [1.82, 2.24) is 5.32 Å². The zero-order valence-corrected chi connectivity index (χ0v) is 11.4. The molecule has 2 N–H and O–H groups in total. The van der Waals surface area contributed by atoms with Crippen LogP contribution in [-0.2, 0) is 4.74 Å². The quantitative estimate of drug-likeness (QED) is 0.606. The first-order chi connectivity index (χ1) is 6.02. The molecule has 2 atom stereocenters. The molecule has 0 bridgehead atoms. The first kappa shape index (κ1) is 14.0. The standard InChI is InChI=1S/C9H18INO3/c1-6(9(5,10)13)11-7(12)14-8(2,3)4/h6,13H,1-5H3,(H,11,12)/t6-,9+/m0/s1. The molecule has 0 aromatic rings. The molecule has 0 saturated carbocycles. The van der Waals surface area contributed by atoms with Crippen molar-refractivity contribution >= 4 is 28.7 Å². The van der Waals surface area contributed by atoms with Crippen LogP contribution in [0.25, 0.3) is 0 Å². The Balaban J connectivity index is 4.09. The zero-order valence-electron chi connectivity index (χ0n) is 9.22.